The highest BCUT2D eigenvalue weighted by Crippen LogP contribution is 2.18. The molecule has 0 amide bonds. The van der Waals surface area contributed by atoms with Crippen LogP contribution in [0.3, 0.4) is 0 Å². The van der Waals surface area contributed by atoms with Gasteiger partial charge >= 0.3 is 0 Å². The lowest BCUT2D eigenvalue weighted by Gasteiger charge is -2.05. The maximum atomic E-state index is 11.3. The van der Waals surface area contributed by atoms with Gasteiger partial charge in [0.05, 0.1) is 0 Å². The summed E-state index contributed by atoms with van der Waals surface area (Å²) >= 11 is 0. The molecule has 1 aromatic rings. The summed E-state index contributed by atoms with van der Waals surface area (Å²) in [6.07, 6.45) is 0. The fourth-order valence-electron chi connectivity index (χ4n) is 1.24. The minimum absolute atomic E-state index is 0.117. The van der Waals surface area contributed by atoms with Gasteiger partial charge < -0.3 is 10.2 Å². The average molecular weight is 255 g/mol. The van der Waals surface area contributed by atoms with Crippen molar-refractivity contribution in [3.8, 4) is 5.75 Å². The Hall–Kier alpha value is -2.32. The van der Waals surface area contributed by atoms with Gasteiger partial charge in [-0.2, -0.15) is 0 Å². The molecule has 0 saturated carbocycles. The summed E-state index contributed by atoms with van der Waals surface area (Å²) in [5.41, 5.74) is -0.234. The van der Waals surface area contributed by atoms with E-state index in [1.165, 1.54) is 0 Å². The van der Waals surface area contributed by atoms with Crippen molar-refractivity contribution >= 4 is 11.6 Å². The Kier molecular flexibility index (Phi) is 4.46. The summed E-state index contributed by atoms with van der Waals surface area (Å²) in [6.45, 7) is -1.62. The van der Waals surface area contributed by atoms with Gasteiger partial charge in [-0.15, -0.1) is 10.1 Å². The molecular formula is C10H9NO7. The summed E-state index contributed by atoms with van der Waals surface area (Å²) in [5.74, 6) is -1.79. The first-order valence-corrected chi connectivity index (χ1v) is 4.73. The number of hydrogen-bond acceptors (Lipinski definition) is 7. The van der Waals surface area contributed by atoms with Crippen molar-refractivity contribution in [1.29, 1.82) is 0 Å². The molecule has 0 aliphatic carbocycles. The van der Waals surface area contributed by atoms with Gasteiger partial charge in [0.1, 0.15) is 19.0 Å². The predicted molar refractivity (Wildman–Crippen MR) is 56.9 cm³/mol. The molecule has 2 N–H and O–H groups in total. The highest BCUT2D eigenvalue weighted by molar-refractivity contribution is 6.02. The van der Waals surface area contributed by atoms with E-state index in [0.29, 0.717) is 0 Å². The molecule has 0 bridgehead atoms. The Morgan fingerprint density at radius 3 is 1.89 bits per heavy atom. The summed E-state index contributed by atoms with van der Waals surface area (Å²) in [5, 5.41) is 26.5. The fourth-order valence-corrected chi connectivity index (χ4v) is 1.24. The number of aliphatic hydroxyl groups excluding tert-OH is 2. The summed E-state index contributed by atoms with van der Waals surface area (Å²) < 4.78 is 0. The Bertz CT molecular complexity index is 463. The number of benzene rings is 1. The molecule has 0 radical (unpaired) electrons. The first-order valence-electron chi connectivity index (χ1n) is 4.73. The van der Waals surface area contributed by atoms with Crippen LogP contribution < -0.4 is 4.84 Å². The molecule has 8 nitrogen and oxygen atoms in total. The summed E-state index contributed by atoms with van der Waals surface area (Å²) in [4.78, 5) is 36.9. The molecule has 0 heterocycles. The van der Waals surface area contributed by atoms with Crippen LogP contribution >= 0.6 is 0 Å². The molecule has 0 fully saturated rings. The lowest BCUT2D eigenvalue weighted by Crippen LogP contribution is -2.11. The number of rotatable bonds is 6. The molecule has 1 rings (SSSR count). The molecule has 18 heavy (non-hydrogen) atoms. The van der Waals surface area contributed by atoms with E-state index >= 15 is 0 Å². The monoisotopic (exact) mass is 255 g/mol. The van der Waals surface area contributed by atoms with E-state index in [0.717, 1.165) is 18.2 Å². The molecule has 96 valence electrons. The zero-order valence-electron chi connectivity index (χ0n) is 9.03. The average Bonchev–Trinajstić information content (AvgIpc) is 2.35. The van der Waals surface area contributed by atoms with Gasteiger partial charge in [0.15, 0.2) is 11.6 Å². The third-order valence-corrected chi connectivity index (χ3v) is 2.02. The van der Waals surface area contributed by atoms with Crippen LogP contribution in [0.5, 0.6) is 5.75 Å². The Labute approximate surface area is 101 Å². The molecule has 0 aliphatic rings. The number of Topliss-reactive ketones (excluding diaryl/α,β-unsaturated/α-hetero) is 2. The summed E-state index contributed by atoms with van der Waals surface area (Å²) in [6, 6.07) is 3.16. The molecule has 0 saturated heterocycles. The summed E-state index contributed by atoms with van der Waals surface area (Å²) in [7, 11) is 0. The van der Waals surface area contributed by atoms with Crippen molar-refractivity contribution in [3.63, 3.8) is 0 Å². The van der Waals surface area contributed by atoms with Gasteiger partial charge in [-0.3, -0.25) is 14.4 Å². The van der Waals surface area contributed by atoms with E-state index in [1.54, 1.807) is 0 Å². The van der Waals surface area contributed by atoms with E-state index in [4.69, 9.17) is 10.2 Å². The number of ketones is 2. The molecule has 0 aliphatic heterocycles. The van der Waals surface area contributed by atoms with E-state index < -0.39 is 29.9 Å². The van der Waals surface area contributed by atoms with Crippen LogP contribution in [0.15, 0.2) is 18.2 Å². The van der Waals surface area contributed by atoms with Gasteiger partial charge in [-0.25, -0.2) is 0 Å². The normalized spacial score (nSPS) is 9.89. The van der Waals surface area contributed by atoms with Crippen LogP contribution in [-0.4, -0.2) is 40.1 Å². The van der Waals surface area contributed by atoms with Gasteiger partial charge in [0, 0.05) is 11.1 Å². The fraction of sp³-hybridized carbons (Fsp3) is 0.200. The largest absolute Gasteiger partial charge is 0.388 e. The molecule has 0 aromatic heterocycles. The van der Waals surface area contributed by atoms with Crippen LogP contribution in [0.1, 0.15) is 20.7 Å². The molecule has 8 heteroatoms. The van der Waals surface area contributed by atoms with Crippen molar-refractivity contribution in [3.05, 3.63) is 39.4 Å². The smallest absolute Gasteiger partial charge is 0.299 e. The maximum absolute atomic E-state index is 11.3. The van der Waals surface area contributed by atoms with Crippen LogP contribution in [0.4, 0.5) is 0 Å². The molecular weight excluding hydrogens is 246 g/mol. The van der Waals surface area contributed by atoms with E-state index in [9.17, 15) is 19.7 Å². The second-order valence-electron chi connectivity index (χ2n) is 3.22. The number of carbonyl (C=O) groups is 2. The molecule has 0 unspecified atom stereocenters. The van der Waals surface area contributed by atoms with E-state index in [1.807, 2.05) is 0 Å². The van der Waals surface area contributed by atoms with Crippen LogP contribution in [-0.2, 0) is 0 Å². The Morgan fingerprint density at radius 1 is 1.11 bits per heavy atom. The third kappa shape index (κ3) is 3.34. The first-order chi connectivity index (χ1) is 8.47. The molecule has 1 aromatic carbocycles. The molecule has 0 atom stereocenters. The van der Waals surface area contributed by atoms with Crippen molar-refractivity contribution in [2.24, 2.45) is 0 Å². The van der Waals surface area contributed by atoms with Crippen molar-refractivity contribution in [2.75, 3.05) is 13.2 Å². The van der Waals surface area contributed by atoms with Crippen LogP contribution in [0, 0.1) is 10.1 Å². The van der Waals surface area contributed by atoms with Crippen LogP contribution in [0.2, 0.25) is 0 Å². The SMILES string of the molecule is O=C(CO)c1cc(O[N+](=O)[O-])cc(C(=O)CO)c1. The van der Waals surface area contributed by atoms with Crippen molar-refractivity contribution < 1.29 is 29.7 Å². The highest BCUT2D eigenvalue weighted by atomic mass is 17.0. The maximum Gasteiger partial charge on any atom is 0.299 e. The minimum atomic E-state index is -1.10. The number of aliphatic hydroxyl groups is 2. The zero-order valence-corrected chi connectivity index (χ0v) is 9.03. The lowest BCUT2D eigenvalue weighted by atomic mass is 10.0. The van der Waals surface area contributed by atoms with Gasteiger partial charge in [-0.1, -0.05) is 0 Å². The minimum Gasteiger partial charge on any atom is -0.388 e. The first kappa shape index (κ1) is 13.7. The second kappa shape index (κ2) is 5.84. The number of carbonyl (C=O) groups excluding carboxylic acids is 2. The van der Waals surface area contributed by atoms with Gasteiger partial charge in [0.25, 0.3) is 5.09 Å². The van der Waals surface area contributed by atoms with E-state index in [-0.39, 0.29) is 16.9 Å². The quantitative estimate of drug-likeness (QED) is 0.402. The van der Waals surface area contributed by atoms with E-state index in [2.05, 4.69) is 4.84 Å². The number of hydrogen-bond donors (Lipinski definition) is 2. The molecule has 0 spiro atoms. The Balaban J connectivity index is 3.23. The zero-order chi connectivity index (χ0) is 13.7. The van der Waals surface area contributed by atoms with Gasteiger partial charge in [-0.05, 0) is 18.2 Å². The Morgan fingerprint density at radius 2 is 1.56 bits per heavy atom. The van der Waals surface area contributed by atoms with Crippen molar-refractivity contribution in [2.45, 2.75) is 0 Å². The lowest BCUT2D eigenvalue weighted by molar-refractivity contribution is -0.711. The number of nitrogens with zero attached hydrogens (tertiary/aromatic N) is 1. The van der Waals surface area contributed by atoms with Crippen LogP contribution in [0.25, 0.3) is 0 Å². The second-order valence-corrected chi connectivity index (χ2v) is 3.22. The topological polar surface area (TPSA) is 127 Å². The third-order valence-electron chi connectivity index (χ3n) is 2.02. The van der Waals surface area contributed by atoms with Crippen molar-refractivity contribution in [1.82, 2.24) is 0 Å². The highest BCUT2D eigenvalue weighted by Gasteiger charge is 2.13. The van der Waals surface area contributed by atoms with Gasteiger partial charge in [0.2, 0.25) is 0 Å². The standard InChI is InChI=1S/C10H9NO7/c12-4-9(14)6-1-7(10(15)5-13)3-8(2-6)18-11(16)17/h1-3,12-13H,4-5H2. The predicted octanol–water partition coefficient (Wildman–Crippen LogP) is -0.393.